The van der Waals surface area contributed by atoms with Gasteiger partial charge in [0.25, 0.3) is 0 Å². The van der Waals surface area contributed by atoms with Crippen molar-refractivity contribution in [2.24, 2.45) is 4.99 Å². The van der Waals surface area contributed by atoms with Crippen LogP contribution in [0.4, 0.5) is 10.5 Å². The van der Waals surface area contributed by atoms with Gasteiger partial charge in [-0.05, 0) is 31.5 Å². The van der Waals surface area contributed by atoms with Crippen LogP contribution in [0, 0.1) is 0 Å². The third kappa shape index (κ3) is 7.44. The number of morpholine rings is 1. The Balaban J connectivity index is 1.85. The summed E-state index contributed by atoms with van der Waals surface area (Å²) < 4.78 is 9.99. The van der Waals surface area contributed by atoms with E-state index < -0.39 is 6.09 Å². The summed E-state index contributed by atoms with van der Waals surface area (Å²) in [5, 5.41) is 9.33. The average Bonchev–Trinajstić information content (AvgIpc) is 2.71. The monoisotopic (exact) mass is 377 g/mol. The number of carbonyl (C=O) groups excluding carboxylic acids is 1. The second kappa shape index (κ2) is 11.4. The van der Waals surface area contributed by atoms with Crippen molar-refractivity contribution >= 4 is 17.7 Å². The maximum absolute atomic E-state index is 11.2. The number of guanidine groups is 1. The Bertz CT molecular complexity index is 600. The molecule has 1 unspecified atom stereocenters. The van der Waals surface area contributed by atoms with Gasteiger partial charge in [-0.3, -0.25) is 10.2 Å². The highest BCUT2D eigenvalue weighted by atomic mass is 16.5. The van der Waals surface area contributed by atoms with Gasteiger partial charge in [0.15, 0.2) is 5.96 Å². The van der Waals surface area contributed by atoms with Crippen LogP contribution in [0.2, 0.25) is 0 Å². The molecule has 0 bridgehead atoms. The minimum atomic E-state index is -0.478. The zero-order chi connectivity index (χ0) is 19.5. The number of hydrogen-bond donors (Lipinski definition) is 3. The van der Waals surface area contributed by atoms with Crippen LogP contribution < -0.4 is 16.0 Å². The Hall–Kier alpha value is -2.32. The van der Waals surface area contributed by atoms with E-state index in [-0.39, 0.29) is 0 Å². The SMILES string of the molecule is CCNC(=NCc1ccc(NC(=O)OC)cc1)NCC(C)N1CCOCC1. The van der Waals surface area contributed by atoms with E-state index in [0.717, 1.165) is 50.9 Å². The van der Waals surface area contributed by atoms with Gasteiger partial charge in [-0.15, -0.1) is 0 Å². The number of hydrogen-bond acceptors (Lipinski definition) is 5. The first kappa shape index (κ1) is 21.0. The normalized spacial score (nSPS) is 16.5. The number of rotatable bonds is 7. The number of methoxy groups -OCH3 is 1. The molecule has 1 fully saturated rings. The molecule has 1 aromatic carbocycles. The highest BCUT2D eigenvalue weighted by Crippen LogP contribution is 2.10. The van der Waals surface area contributed by atoms with Crippen LogP contribution in [-0.4, -0.2) is 69.5 Å². The minimum Gasteiger partial charge on any atom is -0.453 e. The summed E-state index contributed by atoms with van der Waals surface area (Å²) in [6, 6.07) is 7.97. The summed E-state index contributed by atoms with van der Waals surface area (Å²) in [4.78, 5) is 18.3. The molecular weight excluding hydrogens is 346 g/mol. The Morgan fingerprint density at radius 3 is 2.59 bits per heavy atom. The molecule has 0 aliphatic carbocycles. The fourth-order valence-corrected chi connectivity index (χ4v) is 2.77. The average molecular weight is 377 g/mol. The fourth-order valence-electron chi connectivity index (χ4n) is 2.77. The summed E-state index contributed by atoms with van der Waals surface area (Å²) in [5.74, 6) is 0.800. The number of nitrogens with zero attached hydrogens (tertiary/aromatic N) is 2. The van der Waals surface area contributed by atoms with E-state index in [1.54, 1.807) is 0 Å². The van der Waals surface area contributed by atoms with Crippen LogP contribution >= 0.6 is 0 Å². The zero-order valence-electron chi connectivity index (χ0n) is 16.5. The molecule has 1 amide bonds. The van der Waals surface area contributed by atoms with Gasteiger partial charge in [0, 0.05) is 37.9 Å². The molecule has 1 atom stereocenters. The molecule has 0 radical (unpaired) electrons. The van der Waals surface area contributed by atoms with Crippen LogP contribution in [-0.2, 0) is 16.0 Å². The number of benzene rings is 1. The van der Waals surface area contributed by atoms with Gasteiger partial charge < -0.3 is 20.1 Å². The molecule has 1 saturated heterocycles. The van der Waals surface area contributed by atoms with Crippen molar-refractivity contribution in [3.05, 3.63) is 29.8 Å². The Labute approximate surface area is 161 Å². The van der Waals surface area contributed by atoms with Crippen LogP contribution in [0.3, 0.4) is 0 Å². The molecule has 0 aromatic heterocycles. The van der Waals surface area contributed by atoms with E-state index in [1.165, 1.54) is 7.11 Å². The van der Waals surface area contributed by atoms with Crippen molar-refractivity contribution in [1.29, 1.82) is 0 Å². The molecule has 1 heterocycles. The first-order valence-corrected chi connectivity index (χ1v) is 9.40. The van der Waals surface area contributed by atoms with Crippen LogP contribution in [0.25, 0.3) is 0 Å². The van der Waals surface area contributed by atoms with Crippen molar-refractivity contribution in [3.8, 4) is 0 Å². The van der Waals surface area contributed by atoms with E-state index in [9.17, 15) is 4.79 Å². The summed E-state index contributed by atoms with van der Waals surface area (Å²) in [7, 11) is 1.34. The van der Waals surface area contributed by atoms with Gasteiger partial charge in [-0.2, -0.15) is 0 Å². The molecule has 8 nitrogen and oxygen atoms in total. The van der Waals surface area contributed by atoms with E-state index in [1.807, 2.05) is 24.3 Å². The standard InChI is InChI=1S/C19H31N5O3/c1-4-20-18(21-13-15(2)24-9-11-27-12-10-24)22-14-16-5-7-17(8-6-16)23-19(25)26-3/h5-8,15H,4,9-14H2,1-3H3,(H,23,25)(H2,20,21,22). The lowest BCUT2D eigenvalue weighted by molar-refractivity contribution is 0.0211. The molecule has 2 rings (SSSR count). The second-order valence-electron chi connectivity index (χ2n) is 6.39. The van der Waals surface area contributed by atoms with E-state index in [4.69, 9.17) is 4.74 Å². The number of carbonyl (C=O) groups is 1. The Kier molecular flexibility index (Phi) is 8.86. The minimum absolute atomic E-state index is 0.418. The third-order valence-electron chi connectivity index (χ3n) is 4.38. The van der Waals surface area contributed by atoms with E-state index in [2.05, 4.69) is 44.4 Å². The van der Waals surface area contributed by atoms with Gasteiger partial charge in [-0.1, -0.05) is 12.1 Å². The third-order valence-corrected chi connectivity index (χ3v) is 4.38. The summed E-state index contributed by atoms with van der Waals surface area (Å²) in [6.45, 7) is 10.0. The van der Waals surface area contributed by atoms with Crippen molar-refractivity contribution in [2.45, 2.75) is 26.4 Å². The van der Waals surface area contributed by atoms with Crippen molar-refractivity contribution < 1.29 is 14.3 Å². The van der Waals surface area contributed by atoms with Gasteiger partial charge in [-0.25, -0.2) is 9.79 Å². The molecule has 0 saturated carbocycles. The molecule has 27 heavy (non-hydrogen) atoms. The lowest BCUT2D eigenvalue weighted by atomic mass is 10.2. The number of nitrogens with one attached hydrogen (secondary N) is 3. The highest BCUT2D eigenvalue weighted by Gasteiger charge is 2.16. The van der Waals surface area contributed by atoms with Crippen LogP contribution in [0.1, 0.15) is 19.4 Å². The maximum atomic E-state index is 11.2. The lowest BCUT2D eigenvalue weighted by Gasteiger charge is -2.32. The van der Waals surface area contributed by atoms with Crippen molar-refractivity contribution in [3.63, 3.8) is 0 Å². The molecule has 0 spiro atoms. The largest absolute Gasteiger partial charge is 0.453 e. The van der Waals surface area contributed by atoms with Crippen molar-refractivity contribution in [2.75, 3.05) is 51.8 Å². The maximum Gasteiger partial charge on any atom is 0.411 e. The zero-order valence-corrected chi connectivity index (χ0v) is 16.5. The van der Waals surface area contributed by atoms with Crippen LogP contribution in [0.15, 0.2) is 29.3 Å². The molecule has 150 valence electrons. The van der Waals surface area contributed by atoms with Crippen LogP contribution in [0.5, 0.6) is 0 Å². The Morgan fingerprint density at radius 1 is 1.26 bits per heavy atom. The highest BCUT2D eigenvalue weighted by molar-refractivity contribution is 5.84. The summed E-state index contributed by atoms with van der Waals surface area (Å²) >= 11 is 0. The molecule has 1 aliphatic heterocycles. The van der Waals surface area contributed by atoms with Gasteiger partial charge in [0.2, 0.25) is 0 Å². The van der Waals surface area contributed by atoms with Gasteiger partial charge >= 0.3 is 6.09 Å². The number of anilines is 1. The molecule has 3 N–H and O–H groups in total. The Morgan fingerprint density at radius 2 is 1.96 bits per heavy atom. The predicted molar refractivity (Wildman–Crippen MR) is 107 cm³/mol. The first-order chi connectivity index (χ1) is 13.1. The van der Waals surface area contributed by atoms with E-state index in [0.29, 0.717) is 18.3 Å². The topological polar surface area (TPSA) is 87.2 Å². The molecule has 8 heteroatoms. The van der Waals surface area contributed by atoms with E-state index >= 15 is 0 Å². The summed E-state index contributed by atoms with van der Waals surface area (Å²) in [6.07, 6.45) is -0.478. The molecular formula is C19H31N5O3. The fraction of sp³-hybridized carbons (Fsp3) is 0.579. The summed E-state index contributed by atoms with van der Waals surface area (Å²) in [5.41, 5.74) is 1.75. The van der Waals surface area contributed by atoms with Gasteiger partial charge in [0.05, 0.1) is 26.9 Å². The molecule has 1 aliphatic rings. The smallest absolute Gasteiger partial charge is 0.411 e. The number of amides is 1. The molecule has 1 aromatic rings. The number of ether oxygens (including phenoxy) is 2. The van der Waals surface area contributed by atoms with Crippen molar-refractivity contribution in [1.82, 2.24) is 15.5 Å². The second-order valence-corrected chi connectivity index (χ2v) is 6.39. The first-order valence-electron chi connectivity index (χ1n) is 9.40. The number of aliphatic imine (C=N–C) groups is 1. The quantitative estimate of drug-likeness (QED) is 0.495. The lowest BCUT2D eigenvalue weighted by Crippen LogP contribution is -2.49. The predicted octanol–water partition coefficient (Wildman–Crippen LogP) is 1.64. The van der Waals surface area contributed by atoms with Gasteiger partial charge in [0.1, 0.15) is 0 Å².